The minimum Gasteiger partial charge on any atom is -0.356 e. The number of hydrogen-bond donors (Lipinski definition) is 3. The highest BCUT2D eigenvalue weighted by molar-refractivity contribution is 14.0. The highest BCUT2D eigenvalue weighted by atomic mass is 127. The molecule has 0 bridgehead atoms. The van der Waals surface area contributed by atoms with Crippen molar-refractivity contribution >= 4 is 47.2 Å². The first-order chi connectivity index (χ1) is 13.1. The van der Waals surface area contributed by atoms with Gasteiger partial charge in [-0.2, -0.15) is 0 Å². The number of guanidine groups is 1. The second kappa shape index (κ2) is 13.5. The Hall–Kier alpha value is -1.68. The van der Waals surface area contributed by atoms with E-state index in [1.165, 1.54) is 4.88 Å². The fourth-order valence-electron chi connectivity index (χ4n) is 2.47. The molecule has 6 nitrogen and oxygen atoms in total. The molecule has 0 saturated heterocycles. The maximum Gasteiger partial charge on any atom is 0.251 e. The second-order valence-electron chi connectivity index (χ2n) is 6.27. The van der Waals surface area contributed by atoms with E-state index in [1.807, 2.05) is 30.5 Å². The van der Waals surface area contributed by atoms with Gasteiger partial charge in [0, 0.05) is 49.7 Å². The lowest BCUT2D eigenvalue weighted by Crippen LogP contribution is -2.37. The Morgan fingerprint density at radius 2 is 1.89 bits per heavy atom. The number of benzene rings is 1. The van der Waals surface area contributed by atoms with Crippen molar-refractivity contribution in [1.29, 1.82) is 0 Å². The van der Waals surface area contributed by atoms with Crippen molar-refractivity contribution in [3.63, 3.8) is 0 Å². The molecule has 0 fully saturated rings. The first-order valence-corrected chi connectivity index (χ1v) is 10.2. The number of unbranched alkanes of at least 4 members (excludes halogenated alkanes) is 1. The summed E-state index contributed by atoms with van der Waals surface area (Å²) in [7, 11) is 1.76. The van der Waals surface area contributed by atoms with E-state index in [0.717, 1.165) is 48.9 Å². The van der Waals surface area contributed by atoms with Crippen molar-refractivity contribution in [2.75, 3.05) is 20.1 Å². The average molecular weight is 515 g/mol. The van der Waals surface area contributed by atoms with Gasteiger partial charge >= 0.3 is 0 Å². The van der Waals surface area contributed by atoms with E-state index >= 15 is 0 Å². The van der Waals surface area contributed by atoms with Gasteiger partial charge in [0.1, 0.15) is 0 Å². The number of aryl methyl sites for hydroxylation is 1. The second-order valence-corrected chi connectivity index (χ2v) is 7.59. The molecule has 1 aromatic carbocycles. The van der Waals surface area contributed by atoms with Crippen molar-refractivity contribution in [2.24, 2.45) is 4.99 Å². The number of rotatable bonds is 9. The zero-order chi connectivity index (χ0) is 19.5. The third kappa shape index (κ3) is 8.55. The van der Waals surface area contributed by atoms with Crippen LogP contribution in [0.5, 0.6) is 0 Å². The number of carbonyl (C=O) groups is 1. The standard InChI is InChI=1S/C20H29N5OS.HI/c1-4-5-11-22-19(26)17-8-6-16(7-9-17)14-25-20(21-3)23-12-10-18-24-13-15(2)27-18;/h6-9,13H,4-5,10-12,14H2,1-3H3,(H,22,26)(H2,21,23,25);1H. The maximum atomic E-state index is 12.0. The maximum absolute atomic E-state index is 12.0. The Morgan fingerprint density at radius 1 is 1.14 bits per heavy atom. The number of nitrogens with one attached hydrogen (secondary N) is 3. The van der Waals surface area contributed by atoms with Crippen LogP contribution in [0.2, 0.25) is 0 Å². The molecule has 1 amide bonds. The quantitative estimate of drug-likeness (QED) is 0.207. The van der Waals surface area contributed by atoms with Gasteiger partial charge in [0.25, 0.3) is 5.91 Å². The molecule has 0 aliphatic rings. The summed E-state index contributed by atoms with van der Waals surface area (Å²) in [6.07, 6.45) is 4.85. The van der Waals surface area contributed by atoms with Gasteiger partial charge < -0.3 is 16.0 Å². The van der Waals surface area contributed by atoms with E-state index in [1.54, 1.807) is 18.4 Å². The van der Waals surface area contributed by atoms with Gasteiger partial charge in [-0.1, -0.05) is 25.5 Å². The van der Waals surface area contributed by atoms with Crippen molar-refractivity contribution in [2.45, 2.75) is 39.7 Å². The van der Waals surface area contributed by atoms with Crippen LogP contribution in [0.15, 0.2) is 35.5 Å². The third-order valence-corrected chi connectivity index (χ3v) is 4.99. The van der Waals surface area contributed by atoms with Gasteiger partial charge in [-0.3, -0.25) is 9.79 Å². The molecule has 1 heterocycles. The number of nitrogens with zero attached hydrogens (tertiary/aromatic N) is 2. The first-order valence-electron chi connectivity index (χ1n) is 9.35. The molecular formula is C20H30IN5OS. The number of aliphatic imine (C=N–C) groups is 1. The molecule has 154 valence electrons. The smallest absolute Gasteiger partial charge is 0.251 e. The predicted molar refractivity (Wildman–Crippen MR) is 128 cm³/mol. The molecule has 2 rings (SSSR count). The van der Waals surface area contributed by atoms with E-state index < -0.39 is 0 Å². The largest absolute Gasteiger partial charge is 0.356 e. The van der Waals surface area contributed by atoms with E-state index in [0.29, 0.717) is 12.1 Å². The molecule has 8 heteroatoms. The number of carbonyl (C=O) groups excluding carboxylic acids is 1. The lowest BCUT2D eigenvalue weighted by atomic mass is 10.1. The molecule has 0 radical (unpaired) electrons. The van der Waals surface area contributed by atoms with E-state index in [-0.39, 0.29) is 29.9 Å². The summed E-state index contributed by atoms with van der Waals surface area (Å²) in [6, 6.07) is 7.65. The Kier molecular flexibility index (Phi) is 11.7. The summed E-state index contributed by atoms with van der Waals surface area (Å²) < 4.78 is 0. The van der Waals surface area contributed by atoms with Crippen molar-refractivity contribution < 1.29 is 4.79 Å². The Labute approximate surface area is 188 Å². The molecule has 0 spiro atoms. The lowest BCUT2D eigenvalue weighted by Gasteiger charge is -2.12. The third-order valence-electron chi connectivity index (χ3n) is 4.02. The van der Waals surface area contributed by atoms with Crippen LogP contribution in [0.25, 0.3) is 0 Å². The summed E-state index contributed by atoms with van der Waals surface area (Å²) in [5.41, 5.74) is 1.79. The van der Waals surface area contributed by atoms with Crippen molar-refractivity contribution in [1.82, 2.24) is 20.9 Å². The van der Waals surface area contributed by atoms with Gasteiger partial charge in [-0.25, -0.2) is 4.98 Å². The Balaban J connectivity index is 0.00000392. The molecule has 0 saturated carbocycles. The molecule has 3 N–H and O–H groups in total. The van der Waals surface area contributed by atoms with Crippen LogP contribution in [0.1, 0.15) is 45.6 Å². The fourth-order valence-corrected chi connectivity index (χ4v) is 3.25. The van der Waals surface area contributed by atoms with E-state index in [2.05, 4.69) is 39.8 Å². The van der Waals surface area contributed by atoms with Gasteiger partial charge in [0.05, 0.1) is 5.01 Å². The highest BCUT2D eigenvalue weighted by Gasteiger charge is 2.05. The number of aromatic nitrogens is 1. The molecule has 28 heavy (non-hydrogen) atoms. The topological polar surface area (TPSA) is 78.4 Å². The Morgan fingerprint density at radius 3 is 2.50 bits per heavy atom. The van der Waals surface area contributed by atoms with Gasteiger partial charge in [0.2, 0.25) is 0 Å². The molecule has 2 aromatic rings. The molecule has 0 unspecified atom stereocenters. The molecule has 0 aliphatic carbocycles. The average Bonchev–Trinajstić information content (AvgIpc) is 3.10. The minimum absolute atomic E-state index is 0. The molecular weight excluding hydrogens is 485 g/mol. The number of hydrogen-bond acceptors (Lipinski definition) is 4. The van der Waals surface area contributed by atoms with Crippen LogP contribution < -0.4 is 16.0 Å². The van der Waals surface area contributed by atoms with Crippen molar-refractivity contribution in [3.8, 4) is 0 Å². The predicted octanol–water partition coefficient (Wildman–Crippen LogP) is 3.51. The lowest BCUT2D eigenvalue weighted by molar-refractivity contribution is 0.0953. The van der Waals surface area contributed by atoms with Gasteiger partial charge in [-0.05, 0) is 31.0 Å². The van der Waals surface area contributed by atoms with Crippen LogP contribution in [0.4, 0.5) is 0 Å². The zero-order valence-electron chi connectivity index (χ0n) is 16.7. The number of halogens is 1. The zero-order valence-corrected chi connectivity index (χ0v) is 19.9. The summed E-state index contributed by atoms with van der Waals surface area (Å²) in [4.78, 5) is 21.9. The van der Waals surface area contributed by atoms with E-state index in [9.17, 15) is 4.79 Å². The molecule has 0 atom stereocenters. The first kappa shape index (κ1) is 24.4. The fraction of sp³-hybridized carbons (Fsp3) is 0.450. The minimum atomic E-state index is -0.0159. The summed E-state index contributed by atoms with van der Waals surface area (Å²) in [5, 5.41) is 10.6. The molecule has 1 aromatic heterocycles. The van der Waals surface area contributed by atoms with Crippen LogP contribution in [0, 0.1) is 6.92 Å². The van der Waals surface area contributed by atoms with Gasteiger partial charge in [0.15, 0.2) is 5.96 Å². The van der Waals surface area contributed by atoms with Crippen molar-refractivity contribution in [3.05, 3.63) is 51.5 Å². The van der Waals surface area contributed by atoms with Crippen LogP contribution >= 0.6 is 35.3 Å². The van der Waals surface area contributed by atoms with E-state index in [4.69, 9.17) is 0 Å². The SMILES string of the molecule is CCCCNC(=O)c1ccc(CNC(=NC)NCCc2ncc(C)s2)cc1.I. The summed E-state index contributed by atoms with van der Waals surface area (Å²) in [5.74, 6) is 0.738. The molecule has 0 aliphatic heterocycles. The summed E-state index contributed by atoms with van der Waals surface area (Å²) in [6.45, 7) is 6.32. The van der Waals surface area contributed by atoms with Crippen LogP contribution in [0.3, 0.4) is 0 Å². The summed E-state index contributed by atoms with van der Waals surface area (Å²) >= 11 is 1.72. The van der Waals surface area contributed by atoms with Crippen LogP contribution in [-0.2, 0) is 13.0 Å². The number of thiazole rings is 1. The number of amides is 1. The monoisotopic (exact) mass is 515 g/mol. The van der Waals surface area contributed by atoms with Gasteiger partial charge in [-0.15, -0.1) is 35.3 Å². The highest BCUT2D eigenvalue weighted by Crippen LogP contribution is 2.10. The van der Waals surface area contributed by atoms with Crippen LogP contribution in [-0.4, -0.2) is 37.0 Å². The Bertz CT molecular complexity index is 745. The normalized spacial score (nSPS) is 10.9.